The molecule has 2 aromatic carbocycles. The third-order valence-electron chi connectivity index (χ3n) is 5.85. The molecule has 0 saturated heterocycles. The zero-order chi connectivity index (χ0) is 22.3. The number of aliphatic hydroxyl groups excluding tert-OH is 1. The van der Waals surface area contributed by atoms with E-state index in [4.69, 9.17) is 5.73 Å². The third kappa shape index (κ3) is 5.34. The van der Waals surface area contributed by atoms with Crippen molar-refractivity contribution >= 4 is 17.8 Å². The first kappa shape index (κ1) is 22.6. The van der Waals surface area contributed by atoms with Crippen LogP contribution in [0.25, 0.3) is 5.57 Å². The molecule has 1 aliphatic carbocycles. The Hall–Kier alpha value is -3.09. The first-order valence-electron chi connectivity index (χ1n) is 10.3. The van der Waals surface area contributed by atoms with Gasteiger partial charge >= 0.3 is 0 Å². The van der Waals surface area contributed by atoms with Crippen LogP contribution >= 0.6 is 0 Å². The molecule has 0 saturated carbocycles. The van der Waals surface area contributed by atoms with Gasteiger partial charge < -0.3 is 21.0 Å². The van der Waals surface area contributed by atoms with E-state index in [0.29, 0.717) is 6.42 Å². The van der Waals surface area contributed by atoms with Crippen molar-refractivity contribution in [2.45, 2.75) is 18.9 Å². The molecule has 3 rings (SSSR count). The lowest BCUT2D eigenvalue weighted by molar-refractivity contribution is -0.131. The molecular formula is C25H27FN2O3. The Labute approximate surface area is 181 Å². The molecule has 4 N–H and O–H groups in total. The Kier molecular flexibility index (Phi) is 7.50. The van der Waals surface area contributed by atoms with Gasteiger partial charge in [-0.15, -0.1) is 0 Å². The normalized spacial score (nSPS) is 20.0. The van der Waals surface area contributed by atoms with Gasteiger partial charge in [0.25, 0.3) is 0 Å². The van der Waals surface area contributed by atoms with Gasteiger partial charge in [0.1, 0.15) is 12.1 Å². The van der Waals surface area contributed by atoms with E-state index in [-0.39, 0.29) is 31.4 Å². The number of halogens is 1. The van der Waals surface area contributed by atoms with Gasteiger partial charge in [-0.05, 0) is 41.7 Å². The Morgan fingerprint density at radius 3 is 2.52 bits per heavy atom. The smallest absolute Gasteiger partial charge is 0.228 e. The number of allylic oxidation sites excluding steroid dienone is 3. The average molecular weight is 423 g/mol. The largest absolute Gasteiger partial charge is 0.395 e. The van der Waals surface area contributed by atoms with Crippen LogP contribution in [0.1, 0.15) is 17.5 Å². The van der Waals surface area contributed by atoms with E-state index >= 15 is 0 Å². The molecule has 0 radical (unpaired) electrons. The molecular weight excluding hydrogens is 395 g/mol. The fourth-order valence-corrected chi connectivity index (χ4v) is 3.98. The summed E-state index contributed by atoms with van der Waals surface area (Å²) in [5, 5.41) is 13.0. The van der Waals surface area contributed by atoms with E-state index in [9.17, 15) is 19.1 Å². The molecule has 3 atom stereocenters. The monoisotopic (exact) mass is 422 g/mol. The van der Waals surface area contributed by atoms with Crippen LogP contribution in [-0.2, 0) is 16.0 Å². The molecule has 5 nitrogen and oxygen atoms in total. The van der Waals surface area contributed by atoms with E-state index < -0.39 is 17.2 Å². The number of amides is 1. The van der Waals surface area contributed by atoms with Crippen molar-refractivity contribution in [2.24, 2.45) is 17.1 Å². The molecule has 1 amide bonds. The molecule has 0 fully saturated rings. The van der Waals surface area contributed by atoms with Gasteiger partial charge in [-0.2, -0.15) is 0 Å². The van der Waals surface area contributed by atoms with Crippen molar-refractivity contribution in [3.8, 4) is 0 Å². The summed E-state index contributed by atoms with van der Waals surface area (Å²) in [4.78, 5) is 24.6. The molecule has 0 aliphatic heterocycles. The molecule has 0 spiro atoms. The maximum Gasteiger partial charge on any atom is 0.228 e. The summed E-state index contributed by atoms with van der Waals surface area (Å²) in [5.74, 6) is -1.67. The molecule has 1 unspecified atom stereocenters. The van der Waals surface area contributed by atoms with Gasteiger partial charge in [0, 0.05) is 18.5 Å². The van der Waals surface area contributed by atoms with Crippen LogP contribution in [0.2, 0.25) is 0 Å². The highest BCUT2D eigenvalue weighted by Gasteiger charge is 2.44. The summed E-state index contributed by atoms with van der Waals surface area (Å²) < 4.78 is 13.3. The lowest BCUT2D eigenvalue weighted by atomic mass is 9.68. The second-order valence-electron chi connectivity index (χ2n) is 7.86. The fraction of sp³-hybridized carbons (Fsp3) is 0.280. The predicted octanol–water partition coefficient (Wildman–Crippen LogP) is 2.65. The Balaban J connectivity index is 1.76. The van der Waals surface area contributed by atoms with E-state index in [1.54, 1.807) is 24.3 Å². The minimum Gasteiger partial charge on any atom is -0.395 e. The number of hydrogen-bond acceptors (Lipinski definition) is 4. The first-order valence-corrected chi connectivity index (χ1v) is 10.3. The molecule has 1 aliphatic rings. The quantitative estimate of drug-likeness (QED) is 0.513. The topological polar surface area (TPSA) is 92.4 Å². The lowest BCUT2D eigenvalue weighted by Gasteiger charge is -2.36. The van der Waals surface area contributed by atoms with E-state index in [1.807, 2.05) is 36.4 Å². The number of carbonyl (C=O) groups is 2. The van der Waals surface area contributed by atoms with Crippen LogP contribution in [0.5, 0.6) is 0 Å². The van der Waals surface area contributed by atoms with Crippen molar-refractivity contribution in [1.82, 2.24) is 5.32 Å². The van der Waals surface area contributed by atoms with Gasteiger partial charge in [0.2, 0.25) is 5.91 Å². The third-order valence-corrected chi connectivity index (χ3v) is 5.85. The van der Waals surface area contributed by atoms with Crippen molar-refractivity contribution < 1.29 is 19.1 Å². The van der Waals surface area contributed by atoms with Crippen LogP contribution in [-0.4, -0.2) is 36.5 Å². The van der Waals surface area contributed by atoms with E-state index in [0.717, 1.165) is 23.0 Å². The second kappa shape index (κ2) is 10.3. The van der Waals surface area contributed by atoms with Crippen molar-refractivity contribution in [3.63, 3.8) is 0 Å². The summed E-state index contributed by atoms with van der Waals surface area (Å²) in [6.07, 6.45) is 6.80. The number of hydrogen-bond donors (Lipinski definition) is 3. The van der Waals surface area contributed by atoms with Crippen molar-refractivity contribution in [1.29, 1.82) is 0 Å². The Bertz CT molecular complexity index is 956. The summed E-state index contributed by atoms with van der Waals surface area (Å²) in [7, 11) is 0. The van der Waals surface area contributed by atoms with Crippen LogP contribution < -0.4 is 11.1 Å². The minimum atomic E-state index is -1.21. The van der Waals surface area contributed by atoms with Crippen molar-refractivity contribution in [3.05, 3.63) is 89.8 Å². The SMILES string of the molecule is NC(=O)[C@]1(C(C=O)CN[C@H](CO)Cc2ccccc2)C=CC=C(c2ccc(F)cc2)C1. The van der Waals surface area contributed by atoms with Gasteiger partial charge in [0.05, 0.1) is 12.0 Å². The zero-order valence-electron chi connectivity index (χ0n) is 17.2. The standard InChI is InChI=1S/C25H27FN2O3/c26-22-10-8-19(9-11-22)20-7-4-12-25(14-20,24(27)31)21(16-29)15-28-23(17-30)13-18-5-2-1-3-6-18/h1-12,16,21,23,28,30H,13-15,17H2,(H2,27,31)/t21?,23-,25+/m0/s1. The van der Waals surface area contributed by atoms with Crippen LogP contribution in [0, 0.1) is 17.2 Å². The number of rotatable bonds is 10. The predicted molar refractivity (Wildman–Crippen MR) is 118 cm³/mol. The zero-order valence-corrected chi connectivity index (χ0v) is 17.2. The highest BCUT2D eigenvalue weighted by molar-refractivity contribution is 5.90. The van der Waals surface area contributed by atoms with Crippen molar-refractivity contribution in [2.75, 3.05) is 13.2 Å². The summed E-state index contributed by atoms with van der Waals surface area (Å²) >= 11 is 0. The van der Waals surface area contributed by atoms with Crippen LogP contribution in [0.3, 0.4) is 0 Å². The van der Waals surface area contributed by atoms with E-state index in [1.165, 1.54) is 12.1 Å². The second-order valence-corrected chi connectivity index (χ2v) is 7.86. The van der Waals surface area contributed by atoms with Gasteiger partial charge in [-0.3, -0.25) is 4.79 Å². The minimum absolute atomic E-state index is 0.111. The van der Waals surface area contributed by atoms with Crippen LogP contribution in [0.4, 0.5) is 4.39 Å². The number of aldehydes is 1. The van der Waals surface area contributed by atoms with Crippen LogP contribution in [0.15, 0.2) is 72.8 Å². The first-order chi connectivity index (χ1) is 15.0. The molecule has 6 heteroatoms. The molecule has 31 heavy (non-hydrogen) atoms. The number of benzene rings is 2. The Morgan fingerprint density at radius 1 is 1.19 bits per heavy atom. The average Bonchev–Trinajstić information content (AvgIpc) is 2.79. The number of primary amides is 1. The maximum atomic E-state index is 13.3. The molecule has 162 valence electrons. The highest BCUT2D eigenvalue weighted by atomic mass is 19.1. The summed E-state index contributed by atoms with van der Waals surface area (Å²) in [6.45, 7) is 0.0755. The maximum absolute atomic E-state index is 13.3. The van der Waals surface area contributed by atoms with Gasteiger partial charge in [0.15, 0.2) is 0 Å². The Morgan fingerprint density at radius 2 is 1.90 bits per heavy atom. The van der Waals surface area contributed by atoms with E-state index in [2.05, 4.69) is 5.32 Å². The molecule has 2 aromatic rings. The summed E-state index contributed by atoms with van der Waals surface area (Å²) in [6, 6.07) is 15.4. The number of nitrogens with one attached hydrogen (secondary N) is 1. The number of aliphatic hydroxyl groups is 1. The summed E-state index contributed by atoms with van der Waals surface area (Å²) in [5.41, 5.74) is 7.21. The number of carbonyl (C=O) groups excluding carboxylic acids is 2. The lowest BCUT2D eigenvalue weighted by Crippen LogP contribution is -2.49. The van der Waals surface area contributed by atoms with Gasteiger partial charge in [-0.25, -0.2) is 4.39 Å². The molecule has 0 bridgehead atoms. The van der Waals surface area contributed by atoms with Gasteiger partial charge in [-0.1, -0.05) is 60.7 Å². The molecule has 0 heterocycles. The molecule has 0 aromatic heterocycles. The fourth-order valence-electron chi connectivity index (χ4n) is 3.98. The number of nitrogens with two attached hydrogens (primary N) is 1. The highest BCUT2D eigenvalue weighted by Crippen LogP contribution is 2.41.